The van der Waals surface area contributed by atoms with E-state index in [-0.39, 0.29) is 32.8 Å². The highest BCUT2D eigenvalue weighted by Gasteiger charge is 2.47. The van der Waals surface area contributed by atoms with Crippen LogP contribution in [-0.2, 0) is 6.42 Å². The molecule has 6 nitrogen and oxygen atoms in total. The van der Waals surface area contributed by atoms with E-state index >= 15 is 0 Å². The van der Waals surface area contributed by atoms with E-state index in [1.807, 2.05) is 12.1 Å². The first-order valence-electron chi connectivity index (χ1n) is 19.8. The Morgan fingerprint density at radius 2 is 1.31 bits per heavy atom. The van der Waals surface area contributed by atoms with Crippen LogP contribution in [0.3, 0.4) is 0 Å². The Bertz CT molecular complexity index is 1350. The van der Waals surface area contributed by atoms with Gasteiger partial charge in [0, 0.05) is 0 Å². The summed E-state index contributed by atoms with van der Waals surface area (Å²) >= 11 is 0. The van der Waals surface area contributed by atoms with Crippen LogP contribution in [0.1, 0.15) is 179 Å². The molecule has 0 aromatic heterocycles. The SMILES string of the molecule is CCCCC(C)(CCC(CC)(CCCCC(O)O)CCC(CC)Cc1ccc(-c2cc(C(=O)O)ccc2C(=O)O)cc1)C(C(C)(C)C)C(C)(C)C. The van der Waals surface area contributed by atoms with Crippen molar-refractivity contribution >= 4 is 11.9 Å². The molecule has 288 valence electrons. The second-order valence-corrected chi connectivity index (χ2v) is 18.1. The second kappa shape index (κ2) is 19.4. The van der Waals surface area contributed by atoms with Gasteiger partial charge in [0.15, 0.2) is 6.29 Å². The van der Waals surface area contributed by atoms with Crippen LogP contribution in [0.2, 0.25) is 0 Å². The summed E-state index contributed by atoms with van der Waals surface area (Å²) in [5, 5.41) is 38.3. The van der Waals surface area contributed by atoms with Gasteiger partial charge in [0.1, 0.15) is 0 Å². The second-order valence-electron chi connectivity index (χ2n) is 18.1. The maximum absolute atomic E-state index is 11.9. The third kappa shape index (κ3) is 13.3. The van der Waals surface area contributed by atoms with Gasteiger partial charge >= 0.3 is 11.9 Å². The van der Waals surface area contributed by atoms with E-state index in [1.165, 1.54) is 55.9 Å². The number of aliphatic hydroxyl groups is 2. The van der Waals surface area contributed by atoms with E-state index in [1.54, 1.807) is 0 Å². The van der Waals surface area contributed by atoms with E-state index < -0.39 is 18.2 Å². The minimum absolute atomic E-state index is 0.0649. The summed E-state index contributed by atoms with van der Waals surface area (Å²) in [6, 6.07) is 12.1. The Morgan fingerprint density at radius 3 is 1.80 bits per heavy atom. The molecule has 0 saturated carbocycles. The summed E-state index contributed by atoms with van der Waals surface area (Å²) in [5.41, 5.74) is 3.22. The molecule has 0 heterocycles. The van der Waals surface area contributed by atoms with Crippen molar-refractivity contribution in [3.05, 3.63) is 59.2 Å². The van der Waals surface area contributed by atoms with Crippen molar-refractivity contribution in [2.75, 3.05) is 0 Å². The fraction of sp³-hybridized carbons (Fsp3) is 0.689. The highest BCUT2D eigenvalue weighted by molar-refractivity contribution is 5.99. The van der Waals surface area contributed by atoms with E-state index in [0.717, 1.165) is 51.4 Å². The molecule has 0 bridgehead atoms. The highest BCUT2D eigenvalue weighted by Crippen LogP contribution is 2.56. The monoisotopic (exact) mass is 709 g/mol. The van der Waals surface area contributed by atoms with Crippen molar-refractivity contribution in [2.24, 2.45) is 33.5 Å². The number of carbonyl (C=O) groups is 2. The van der Waals surface area contributed by atoms with Crippen LogP contribution in [0.15, 0.2) is 42.5 Å². The predicted molar refractivity (Wildman–Crippen MR) is 211 cm³/mol. The van der Waals surface area contributed by atoms with Crippen LogP contribution >= 0.6 is 0 Å². The molecular weight excluding hydrogens is 636 g/mol. The third-order valence-corrected chi connectivity index (χ3v) is 11.9. The van der Waals surface area contributed by atoms with E-state index in [2.05, 4.69) is 81.4 Å². The van der Waals surface area contributed by atoms with E-state index in [9.17, 15) is 30.0 Å². The van der Waals surface area contributed by atoms with Crippen molar-refractivity contribution in [1.82, 2.24) is 0 Å². The van der Waals surface area contributed by atoms with Gasteiger partial charge in [0.25, 0.3) is 0 Å². The first-order chi connectivity index (χ1) is 23.7. The van der Waals surface area contributed by atoms with Gasteiger partial charge in [-0.2, -0.15) is 0 Å². The van der Waals surface area contributed by atoms with Crippen molar-refractivity contribution in [2.45, 2.75) is 165 Å². The molecule has 0 radical (unpaired) electrons. The van der Waals surface area contributed by atoms with Gasteiger partial charge in [-0.25, -0.2) is 9.59 Å². The average molecular weight is 709 g/mol. The zero-order valence-corrected chi connectivity index (χ0v) is 33.8. The van der Waals surface area contributed by atoms with Crippen LogP contribution in [0, 0.1) is 33.5 Å². The lowest BCUT2D eigenvalue weighted by Crippen LogP contribution is -2.45. The van der Waals surface area contributed by atoms with Crippen molar-refractivity contribution in [3.63, 3.8) is 0 Å². The molecule has 2 aromatic carbocycles. The van der Waals surface area contributed by atoms with Gasteiger partial charge in [-0.1, -0.05) is 126 Å². The molecule has 3 unspecified atom stereocenters. The number of aliphatic hydroxyl groups excluding tert-OH is 1. The zero-order valence-electron chi connectivity index (χ0n) is 33.8. The van der Waals surface area contributed by atoms with E-state index in [0.29, 0.717) is 29.4 Å². The number of rotatable bonds is 22. The fourth-order valence-corrected chi connectivity index (χ4v) is 9.88. The first-order valence-corrected chi connectivity index (χ1v) is 19.8. The molecule has 6 heteroatoms. The number of benzene rings is 2. The zero-order chi connectivity index (χ0) is 38.6. The topological polar surface area (TPSA) is 115 Å². The molecule has 4 N–H and O–H groups in total. The number of carboxylic acids is 2. The van der Waals surface area contributed by atoms with Crippen LogP contribution in [0.25, 0.3) is 11.1 Å². The lowest BCUT2D eigenvalue weighted by molar-refractivity contribution is -0.0478. The third-order valence-electron chi connectivity index (χ3n) is 11.9. The van der Waals surface area contributed by atoms with Crippen LogP contribution < -0.4 is 0 Å². The largest absolute Gasteiger partial charge is 0.478 e. The van der Waals surface area contributed by atoms with Crippen molar-refractivity contribution in [3.8, 4) is 11.1 Å². The van der Waals surface area contributed by atoms with Crippen LogP contribution in [-0.4, -0.2) is 38.7 Å². The van der Waals surface area contributed by atoms with Gasteiger partial charge in [-0.15, -0.1) is 0 Å². The molecule has 0 amide bonds. The van der Waals surface area contributed by atoms with Crippen molar-refractivity contribution < 1.29 is 30.0 Å². The van der Waals surface area contributed by atoms with Crippen LogP contribution in [0.5, 0.6) is 0 Å². The molecular formula is C45H72O6. The van der Waals surface area contributed by atoms with Gasteiger partial charge in [0.05, 0.1) is 11.1 Å². The van der Waals surface area contributed by atoms with Gasteiger partial charge in [-0.05, 0) is 126 Å². The summed E-state index contributed by atoms with van der Waals surface area (Å²) in [6.07, 6.45) is 13.5. The van der Waals surface area contributed by atoms with Crippen LogP contribution in [0.4, 0.5) is 0 Å². The Balaban J connectivity index is 2.35. The summed E-state index contributed by atoms with van der Waals surface area (Å²) in [4.78, 5) is 23.5. The number of unbranched alkanes of at least 4 members (excludes halogenated alkanes) is 2. The maximum Gasteiger partial charge on any atom is 0.336 e. The molecule has 3 atom stereocenters. The van der Waals surface area contributed by atoms with E-state index in [4.69, 9.17) is 0 Å². The van der Waals surface area contributed by atoms with Crippen molar-refractivity contribution in [1.29, 1.82) is 0 Å². The molecule has 2 rings (SSSR count). The summed E-state index contributed by atoms with van der Waals surface area (Å²) < 4.78 is 0. The Kier molecular flexibility index (Phi) is 16.9. The lowest BCUT2D eigenvalue weighted by atomic mass is 9.52. The molecule has 51 heavy (non-hydrogen) atoms. The maximum atomic E-state index is 11.9. The molecule has 0 fully saturated rings. The fourth-order valence-electron chi connectivity index (χ4n) is 9.88. The minimum atomic E-state index is -1.25. The molecule has 2 aromatic rings. The molecule has 0 aliphatic carbocycles. The van der Waals surface area contributed by atoms with Gasteiger partial charge in [-0.3, -0.25) is 0 Å². The predicted octanol–water partition coefficient (Wildman–Crippen LogP) is 12.1. The first kappa shape index (κ1) is 44.5. The Hall–Kier alpha value is -2.70. The number of hydrogen-bond donors (Lipinski definition) is 4. The minimum Gasteiger partial charge on any atom is -0.478 e. The van der Waals surface area contributed by atoms with Gasteiger partial charge < -0.3 is 20.4 Å². The summed E-state index contributed by atoms with van der Waals surface area (Å²) in [7, 11) is 0. The Labute approximate surface area is 310 Å². The summed E-state index contributed by atoms with van der Waals surface area (Å²) in [5.74, 6) is -1.11. The standard InChI is InChI=1S/C45H72O6/c1-11-14-25-44(10,41(42(4,5)6)43(7,8)9)28-29-45(13-3,26-16-15-17-38(46)47)27-24-32(12-2)30-33-18-20-34(21-19-33)37-31-35(39(48)49)22-23-36(37)40(50)51/h18-23,31-32,38,41,46-47H,11-17,24-30H2,1-10H3,(H,48,49)(H,50,51). The average Bonchev–Trinajstić information content (AvgIpc) is 3.04. The molecule has 0 aliphatic heterocycles. The highest BCUT2D eigenvalue weighted by atomic mass is 16.5. The molecule has 0 aliphatic rings. The quantitative estimate of drug-likeness (QED) is 0.0715. The number of hydrogen-bond acceptors (Lipinski definition) is 4. The lowest BCUT2D eigenvalue weighted by Gasteiger charge is -2.53. The number of carboxylic acid groups (broad SMARTS) is 2. The summed E-state index contributed by atoms with van der Waals surface area (Å²) in [6.45, 7) is 24.1. The molecule has 0 saturated heterocycles. The Morgan fingerprint density at radius 1 is 0.686 bits per heavy atom. The smallest absolute Gasteiger partial charge is 0.336 e. The number of aromatic carboxylic acids is 2. The molecule has 0 spiro atoms. The van der Waals surface area contributed by atoms with Gasteiger partial charge in [0.2, 0.25) is 0 Å². The normalized spacial score (nSPS) is 15.5.